The van der Waals surface area contributed by atoms with Gasteiger partial charge in [0.2, 0.25) is 0 Å². The van der Waals surface area contributed by atoms with Crippen LogP contribution in [0, 0.1) is 0 Å². The molecular weight excluding hydrogens is 241 g/mol. The Bertz CT molecular complexity index is 289. The van der Waals surface area contributed by atoms with E-state index in [1.165, 1.54) is 4.16 Å². The van der Waals surface area contributed by atoms with Gasteiger partial charge >= 0.3 is 81.3 Å². The molecule has 0 saturated carbocycles. The number of carbonyl (C=O) groups is 1. The molecule has 0 bridgehead atoms. The first-order chi connectivity index (χ1) is 5.74. The summed E-state index contributed by atoms with van der Waals surface area (Å²) in [7, 11) is 0. The molecule has 1 rings (SSSR count). The molecule has 0 N–H and O–H groups in total. The molecular formula is C9H9ClO2Zn. The van der Waals surface area contributed by atoms with Gasteiger partial charge in [-0.3, -0.25) is 0 Å². The van der Waals surface area contributed by atoms with Crippen molar-refractivity contribution in [2.24, 2.45) is 0 Å². The zero-order valence-corrected chi connectivity index (χ0v) is 11.1. The average molecular weight is 250 g/mol. The van der Waals surface area contributed by atoms with Crippen LogP contribution >= 0.6 is 0 Å². The Balaban J connectivity index is 0.00000144. The van der Waals surface area contributed by atoms with Crippen molar-refractivity contribution in [1.82, 2.24) is 0 Å². The molecule has 1 aromatic carbocycles. The minimum absolute atomic E-state index is 0. The first-order valence-corrected chi connectivity index (χ1v) is 5.31. The maximum Gasteiger partial charge on any atom is -1.00 e. The van der Waals surface area contributed by atoms with Crippen LogP contribution in [0.15, 0.2) is 24.3 Å². The molecule has 0 fully saturated rings. The van der Waals surface area contributed by atoms with Gasteiger partial charge in [0, 0.05) is 0 Å². The van der Waals surface area contributed by atoms with E-state index in [2.05, 4.69) is 0 Å². The predicted molar refractivity (Wildman–Crippen MR) is 42.0 cm³/mol. The van der Waals surface area contributed by atoms with E-state index in [1.54, 1.807) is 6.07 Å². The average Bonchev–Trinajstić information content (AvgIpc) is 2.05. The number of ether oxygens (including phenoxy) is 1. The van der Waals surface area contributed by atoms with Crippen molar-refractivity contribution >= 4 is 10.1 Å². The summed E-state index contributed by atoms with van der Waals surface area (Å²) in [6.07, 6.45) is 0. The van der Waals surface area contributed by atoms with Gasteiger partial charge in [-0.2, -0.15) is 0 Å². The third kappa shape index (κ3) is 3.88. The van der Waals surface area contributed by atoms with Crippen LogP contribution in [0.3, 0.4) is 0 Å². The first kappa shape index (κ1) is 12.6. The van der Waals surface area contributed by atoms with Crippen molar-refractivity contribution in [1.29, 1.82) is 0 Å². The summed E-state index contributed by atoms with van der Waals surface area (Å²) >= 11 is 1.06. The van der Waals surface area contributed by atoms with Gasteiger partial charge in [0.25, 0.3) is 0 Å². The van der Waals surface area contributed by atoms with E-state index in [9.17, 15) is 4.79 Å². The number of carbonyl (C=O) groups excluding carboxylic acids is 1. The molecule has 13 heavy (non-hydrogen) atoms. The molecule has 0 heterocycles. The summed E-state index contributed by atoms with van der Waals surface area (Å²) in [6.45, 7) is 2.24. The maximum atomic E-state index is 11.2. The third-order valence-corrected chi connectivity index (χ3v) is 2.36. The zero-order valence-electron chi connectivity index (χ0n) is 7.42. The third-order valence-electron chi connectivity index (χ3n) is 1.44. The fourth-order valence-electron chi connectivity index (χ4n) is 0.913. The van der Waals surface area contributed by atoms with Gasteiger partial charge in [-0.15, -0.1) is 0 Å². The molecule has 0 radical (unpaired) electrons. The van der Waals surface area contributed by atoms with Gasteiger partial charge in [0.15, 0.2) is 0 Å². The normalized spacial score (nSPS) is 8.85. The van der Waals surface area contributed by atoms with Crippen molar-refractivity contribution in [2.75, 3.05) is 6.61 Å². The summed E-state index contributed by atoms with van der Waals surface area (Å²) in [5.41, 5.74) is 0.653. The Kier molecular flexibility index (Phi) is 5.93. The van der Waals surface area contributed by atoms with Gasteiger partial charge < -0.3 is 12.4 Å². The smallest absolute Gasteiger partial charge is 1.00 e. The number of halogens is 1. The molecule has 1 aromatic rings. The first-order valence-electron chi connectivity index (χ1n) is 3.83. The van der Waals surface area contributed by atoms with Crippen molar-refractivity contribution < 1.29 is 40.2 Å². The molecule has 66 valence electrons. The molecule has 0 aliphatic rings. The molecule has 0 unspecified atom stereocenters. The van der Waals surface area contributed by atoms with E-state index in [0.29, 0.717) is 12.2 Å². The summed E-state index contributed by atoms with van der Waals surface area (Å²) < 4.78 is 6.05. The van der Waals surface area contributed by atoms with Crippen molar-refractivity contribution in [3.8, 4) is 0 Å². The predicted octanol–water partition coefficient (Wildman–Crippen LogP) is -1.96. The van der Waals surface area contributed by atoms with E-state index in [4.69, 9.17) is 4.74 Å². The SMILES string of the molecule is CCOC(=O)c1ccc[c]([Zn+])c1.[Cl-]. The fourth-order valence-corrected chi connectivity index (χ4v) is 1.66. The minimum Gasteiger partial charge on any atom is -1.00 e. The minimum atomic E-state index is -0.229. The van der Waals surface area contributed by atoms with Gasteiger partial charge in [-0.1, -0.05) is 0 Å². The Hall–Kier alpha value is -0.397. The zero-order chi connectivity index (χ0) is 8.97. The quantitative estimate of drug-likeness (QED) is 0.450. The molecule has 2 nitrogen and oxygen atoms in total. The van der Waals surface area contributed by atoms with Crippen LogP contribution in [0.1, 0.15) is 17.3 Å². The topological polar surface area (TPSA) is 26.3 Å². The number of hydrogen-bond acceptors (Lipinski definition) is 2. The molecule has 0 aromatic heterocycles. The number of hydrogen-bond donors (Lipinski definition) is 0. The van der Waals surface area contributed by atoms with Crippen LogP contribution in [0.5, 0.6) is 0 Å². The van der Waals surface area contributed by atoms with Gasteiger partial charge in [0.05, 0.1) is 0 Å². The number of benzene rings is 1. The van der Waals surface area contributed by atoms with E-state index in [1.807, 2.05) is 25.1 Å². The van der Waals surface area contributed by atoms with Crippen LogP contribution in [0.4, 0.5) is 0 Å². The summed E-state index contributed by atoms with van der Waals surface area (Å²) in [5.74, 6) is -0.229. The molecule has 0 atom stereocenters. The second-order valence-electron chi connectivity index (χ2n) is 2.42. The summed E-state index contributed by atoms with van der Waals surface area (Å²) in [4.78, 5) is 11.2. The molecule has 0 aliphatic carbocycles. The van der Waals surface area contributed by atoms with Crippen LogP contribution < -0.4 is 16.6 Å². The van der Waals surface area contributed by atoms with Gasteiger partial charge in [0.1, 0.15) is 0 Å². The maximum absolute atomic E-state index is 11.2. The number of rotatable bonds is 2. The van der Waals surface area contributed by atoms with E-state index in [0.717, 1.165) is 18.3 Å². The van der Waals surface area contributed by atoms with Crippen molar-refractivity contribution in [3.63, 3.8) is 0 Å². The van der Waals surface area contributed by atoms with Crippen LogP contribution in [-0.4, -0.2) is 12.6 Å². The molecule has 0 amide bonds. The molecule has 0 aliphatic heterocycles. The van der Waals surface area contributed by atoms with Gasteiger partial charge in [-0.05, 0) is 0 Å². The standard InChI is InChI=1S/C9H9O2.ClH.Zn/c1-2-11-9(10)8-6-4-3-5-7-8;;/h3-4,6-7H,2H2,1H3;1H;/q;;+1/p-1. The van der Waals surface area contributed by atoms with E-state index in [-0.39, 0.29) is 18.4 Å². The van der Waals surface area contributed by atoms with Crippen molar-refractivity contribution in [3.05, 3.63) is 29.8 Å². The van der Waals surface area contributed by atoms with E-state index >= 15 is 0 Å². The second kappa shape index (κ2) is 6.12. The Morgan fingerprint density at radius 3 is 2.77 bits per heavy atom. The van der Waals surface area contributed by atoms with Crippen LogP contribution in [-0.2, 0) is 23.0 Å². The van der Waals surface area contributed by atoms with Gasteiger partial charge in [-0.25, -0.2) is 0 Å². The van der Waals surface area contributed by atoms with E-state index < -0.39 is 0 Å². The number of esters is 1. The Labute approximate surface area is 93.8 Å². The summed E-state index contributed by atoms with van der Waals surface area (Å²) in [6, 6.07) is 7.53. The molecule has 0 saturated heterocycles. The Morgan fingerprint density at radius 1 is 1.54 bits per heavy atom. The Morgan fingerprint density at radius 2 is 2.23 bits per heavy atom. The largest absolute Gasteiger partial charge is 1.00 e. The van der Waals surface area contributed by atoms with Crippen molar-refractivity contribution in [2.45, 2.75) is 6.92 Å². The molecule has 4 heteroatoms. The van der Waals surface area contributed by atoms with Crippen LogP contribution in [0.2, 0.25) is 0 Å². The molecule has 0 spiro atoms. The fraction of sp³-hybridized carbons (Fsp3) is 0.222. The second-order valence-corrected chi connectivity index (χ2v) is 4.13. The summed E-state index contributed by atoms with van der Waals surface area (Å²) in [5, 5.41) is 0. The van der Waals surface area contributed by atoms with Crippen LogP contribution in [0.25, 0.3) is 0 Å². The monoisotopic (exact) mass is 248 g/mol.